The summed E-state index contributed by atoms with van der Waals surface area (Å²) in [5.41, 5.74) is -2.03. The van der Waals surface area contributed by atoms with Crippen molar-refractivity contribution in [2.24, 2.45) is 5.16 Å². The van der Waals surface area contributed by atoms with Crippen LogP contribution in [0.5, 0.6) is 0 Å². The predicted molar refractivity (Wildman–Crippen MR) is 125 cm³/mol. The number of halogens is 6. The van der Waals surface area contributed by atoms with Crippen LogP contribution in [0.4, 0.5) is 17.6 Å². The number of rotatable bonds is 4. The first-order valence-corrected chi connectivity index (χ1v) is 12.1. The molecule has 2 amide bonds. The van der Waals surface area contributed by atoms with Crippen LogP contribution in [-0.4, -0.2) is 58.0 Å². The van der Waals surface area contributed by atoms with Gasteiger partial charge in [0.1, 0.15) is 24.2 Å². The van der Waals surface area contributed by atoms with Crippen LogP contribution in [0.1, 0.15) is 40.5 Å². The minimum absolute atomic E-state index is 0.00237. The molecule has 2 aromatic rings. The number of benzene rings is 1. The first kappa shape index (κ1) is 26.4. The number of carbonyl (C=O) groups excluding carboxylic acids is 2. The number of hydrogen-bond donors (Lipinski definition) is 1. The van der Waals surface area contributed by atoms with Crippen LogP contribution < -0.4 is 5.32 Å². The van der Waals surface area contributed by atoms with E-state index in [0.29, 0.717) is 17.7 Å². The van der Waals surface area contributed by atoms with Gasteiger partial charge in [0.05, 0.1) is 16.5 Å². The SMILES string of the molecule is CCN1OC[C@@H](NC(=O)c2cc3c(cn2)CN(C2=NOC(c4cc(Cl)c(F)c(Cl)c4)(C(F)(F)F)C2)C3)C1=O. The van der Waals surface area contributed by atoms with E-state index in [1.54, 1.807) is 11.8 Å². The quantitative estimate of drug-likeness (QED) is 0.438. The zero-order valence-corrected chi connectivity index (χ0v) is 21.1. The molecule has 0 radical (unpaired) electrons. The molecule has 202 valence electrons. The molecule has 0 spiro atoms. The summed E-state index contributed by atoms with van der Waals surface area (Å²) in [6.07, 6.45) is -4.19. The lowest BCUT2D eigenvalue weighted by atomic mass is 9.89. The molecule has 0 saturated carbocycles. The van der Waals surface area contributed by atoms with Gasteiger partial charge < -0.3 is 15.1 Å². The fourth-order valence-corrected chi connectivity index (χ4v) is 4.98. The summed E-state index contributed by atoms with van der Waals surface area (Å²) in [5, 5.41) is 6.29. The van der Waals surface area contributed by atoms with Crippen molar-refractivity contribution in [1.29, 1.82) is 0 Å². The number of carbonyl (C=O) groups is 2. The molecule has 0 bridgehead atoms. The van der Waals surface area contributed by atoms with Gasteiger partial charge in [-0.25, -0.2) is 9.45 Å². The van der Waals surface area contributed by atoms with Crippen LogP contribution in [0, 0.1) is 5.82 Å². The molecule has 1 fully saturated rings. The van der Waals surface area contributed by atoms with Crippen molar-refractivity contribution in [3.8, 4) is 0 Å². The molecule has 1 saturated heterocycles. The van der Waals surface area contributed by atoms with E-state index in [4.69, 9.17) is 32.9 Å². The average Bonchev–Trinajstić information content (AvgIpc) is 3.58. The van der Waals surface area contributed by atoms with E-state index in [1.165, 1.54) is 12.3 Å². The van der Waals surface area contributed by atoms with E-state index < -0.39 is 51.6 Å². The summed E-state index contributed by atoms with van der Waals surface area (Å²) in [6, 6.07) is 2.31. The van der Waals surface area contributed by atoms with Gasteiger partial charge in [0.25, 0.3) is 17.4 Å². The Morgan fingerprint density at radius 3 is 2.53 bits per heavy atom. The number of hydroxylamine groups is 2. The molecule has 0 aliphatic carbocycles. The van der Waals surface area contributed by atoms with Crippen molar-refractivity contribution in [3.63, 3.8) is 0 Å². The van der Waals surface area contributed by atoms with E-state index in [9.17, 15) is 27.2 Å². The summed E-state index contributed by atoms with van der Waals surface area (Å²) >= 11 is 11.5. The largest absolute Gasteiger partial charge is 0.435 e. The van der Waals surface area contributed by atoms with Crippen LogP contribution in [0.3, 0.4) is 0 Å². The van der Waals surface area contributed by atoms with Crippen molar-refractivity contribution in [2.75, 3.05) is 13.2 Å². The second-order valence-electron chi connectivity index (χ2n) is 8.90. The second kappa shape index (κ2) is 9.54. The molecule has 9 nitrogen and oxygen atoms in total. The van der Waals surface area contributed by atoms with Gasteiger partial charge in [-0.1, -0.05) is 28.4 Å². The number of amides is 2. The number of likely N-dealkylation sites (N-methyl/N-ethyl adjacent to an activating group) is 1. The zero-order chi connectivity index (χ0) is 27.4. The van der Waals surface area contributed by atoms with Gasteiger partial charge in [-0.3, -0.25) is 19.4 Å². The smallest absolute Gasteiger partial charge is 0.372 e. The lowest BCUT2D eigenvalue weighted by molar-refractivity contribution is -0.275. The van der Waals surface area contributed by atoms with Crippen LogP contribution in [0.25, 0.3) is 0 Å². The summed E-state index contributed by atoms with van der Waals surface area (Å²) in [6.45, 7) is 2.38. The van der Waals surface area contributed by atoms with Gasteiger partial charge in [-0.15, -0.1) is 0 Å². The van der Waals surface area contributed by atoms with E-state index in [1.807, 2.05) is 0 Å². The average molecular weight is 576 g/mol. The van der Waals surface area contributed by atoms with Crippen LogP contribution in [-0.2, 0) is 33.2 Å². The van der Waals surface area contributed by atoms with Crippen LogP contribution >= 0.6 is 23.2 Å². The fourth-order valence-electron chi connectivity index (χ4n) is 4.49. The van der Waals surface area contributed by atoms with Gasteiger partial charge in [-0.05, 0) is 36.2 Å². The normalized spacial score (nSPS) is 23.0. The van der Waals surface area contributed by atoms with Crippen molar-refractivity contribution in [1.82, 2.24) is 20.3 Å². The topological polar surface area (TPSA) is 96.4 Å². The number of oxime groups is 1. The molecule has 5 rings (SSSR count). The molecule has 1 aromatic heterocycles. The standard InChI is InChI=1S/C23H19Cl2F4N5O4/c1-2-34-21(36)17(10-37-34)31-20(35)16-3-11-8-33(9-12(11)7-30-16)18-6-22(38-32-18,23(27,28)29)13-4-14(24)19(26)15(25)5-13/h3-5,7,17H,2,6,8-10H2,1H3,(H,31,35)/t17-,22?/m1/s1. The van der Waals surface area contributed by atoms with Gasteiger partial charge in [0, 0.05) is 31.4 Å². The van der Waals surface area contributed by atoms with Crippen molar-refractivity contribution in [2.45, 2.75) is 44.3 Å². The molecule has 2 atom stereocenters. The molecule has 3 aliphatic rings. The molecule has 1 N–H and O–H groups in total. The minimum Gasteiger partial charge on any atom is -0.372 e. The molecular weight excluding hydrogens is 557 g/mol. The van der Waals surface area contributed by atoms with Crippen LogP contribution in [0.2, 0.25) is 10.0 Å². The number of amidine groups is 1. The van der Waals surface area contributed by atoms with Crippen LogP contribution in [0.15, 0.2) is 29.6 Å². The first-order valence-electron chi connectivity index (χ1n) is 11.4. The highest BCUT2D eigenvalue weighted by molar-refractivity contribution is 6.35. The molecule has 4 heterocycles. The number of pyridine rings is 1. The van der Waals surface area contributed by atoms with Gasteiger partial charge in [0.2, 0.25) is 0 Å². The zero-order valence-electron chi connectivity index (χ0n) is 19.6. The van der Waals surface area contributed by atoms with Crippen molar-refractivity contribution in [3.05, 3.63) is 62.6 Å². The maximum atomic E-state index is 14.3. The van der Waals surface area contributed by atoms with E-state index in [-0.39, 0.29) is 37.1 Å². The Balaban J connectivity index is 1.32. The summed E-state index contributed by atoms with van der Waals surface area (Å²) in [5.74, 6) is -2.00. The molecular formula is C23H19Cl2F4N5O4. The fraction of sp³-hybridized carbons (Fsp3) is 0.391. The monoisotopic (exact) mass is 575 g/mol. The lowest BCUT2D eigenvalue weighted by Gasteiger charge is -2.30. The lowest BCUT2D eigenvalue weighted by Crippen LogP contribution is -2.44. The Hall–Kier alpha value is -3.16. The Morgan fingerprint density at radius 1 is 1.21 bits per heavy atom. The summed E-state index contributed by atoms with van der Waals surface area (Å²) in [7, 11) is 0. The number of nitrogens with zero attached hydrogens (tertiary/aromatic N) is 4. The second-order valence-corrected chi connectivity index (χ2v) is 9.72. The van der Waals surface area contributed by atoms with E-state index >= 15 is 0 Å². The molecule has 15 heteroatoms. The highest BCUT2D eigenvalue weighted by Gasteiger charge is 2.63. The molecule has 38 heavy (non-hydrogen) atoms. The summed E-state index contributed by atoms with van der Waals surface area (Å²) in [4.78, 5) is 40.7. The number of nitrogens with one attached hydrogen (secondary N) is 1. The number of aromatic nitrogens is 1. The van der Waals surface area contributed by atoms with E-state index in [2.05, 4.69) is 15.5 Å². The minimum atomic E-state index is -4.93. The van der Waals surface area contributed by atoms with Gasteiger partial charge >= 0.3 is 6.18 Å². The molecule has 1 unspecified atom stereocenters. The maximum absolute atomic E-state index is 14.3. The predicted octanol–water partition coefficient (Wildman–Crippen LogP) is 3.93. The Morgan fingerprint density at radius 2 is 1.89 bits per heavy atom. The molecule has 3 aliphatic heterocycles. The third-order valence-corrected chi connectivity index (χ3v) is 7.11. The number of fused-ring (bicyclic) bond motifs is 1. The maximum Gasteiger partial charge on any atom is 0.435 e. The third kappa shape index (κ3) is 4.41. The highest BCUT2D eigenvalue weighted by Crippen LogP contribution is 2.50. The van der Waals surface area contributed by atoms with E-state index in [0.717, 1.165) is 17.2 Å². The summed E-state index contributed by atoms with van der Waals surface area (Å²) < 4.78 is 56.7. The third-order valence-electron chi connectivity index (χ3n) is 6.56. The Bertz CT molecular complexity index is 1330. The van der Waals surface area contributed by atoms with Crippen molar-refractivity contribution >= 4 is 40.9 Å². The number of hydrogen-bond acceptors (Lipinski definition) is 7. The Kier molecular flexibility index (Phi) is 6.64. The highest BCUT2D eigenvalue weighted by atomic mass is 35.5. The Labute approximate surface area is 223 Å². The van der Waals surface area contributed by atoms with Gasteiger partial charge in [0.15, 0.2) is 5.82 Å². The van der Waals surface area contributed by atoms with Crippen molar-refractivity contribution < 1.29 is 36.8 Å². The molecule has 1 aromatic carbocycles. The number of alkyl halides is 3. The van der Waals surface area contributed by atoms with Gasteiger partial charge in [-0.2, -0.15) is 13.2 Å². The first-order chi connectivity index (χ1) is 17.9.